The number of hydrogen-bond donors (Lipinski definition) is 0. The largest absolute Gasteiger partial charge is 0.468 e. The fourth-order valence-electron chi connectivity index (χ4n) is 4.97. The molecular formula is C28H41BrO8. The van der Waals surface area contributed by atoms with Gasteiger partial charge in [0.15, 0.2) is 10.8 Å². The highest BCUT2D eigenvalue weighted by Crippen LogP contribution is 2.50. The van der Waals surface area contributed by atoms with Crippen LogP contribution >= 0.6 is 15.9 Å². The molecule has 0 fully saturated rings. The molecule has 37 heavy (non-hydrogen) atoms. The zero-order chi connectivity index (χ0) is 28.1. The standard InChI is InChI=1S/C28H41BrO8/c1-7-8-9-10-11-12-13-14-15-16-27(23(30)34-3,24(31)35-4)18-21-19-28(25(32)36-5,26(33)37-6)17-20(2)22(21)29/h7H,1-2,8-19H2,3-6H3. The van der Waals surface area contributed by atoms with Crippen molar-refractivity contribution in [1.82, 2.24) is 0 Å². The number of ether oxygens (including phenoxy) is 4. The SMILES string of the molecule is C=CCCCCCCCCCC(CC1=C(Br)C(=C)CC(C(=O)OC)(C(=O)OC)C1)(C(=O)OC)C(=O)OC. The molecule has 208 valence electrons. The van der Waals surface area contributed by atoms with E-state index in [9.17, 15) is 19.2 Å². The van der Waals surface area contributed by atoms with Gasteiger partial charge in [-0.2, -0.15) is 0 Å². The molecular weight excluding hydrogens is 544 g/mol. The molecule has 0 amide bonds. The molecule has 0 aromatic heterocycles. The second-order valence-electron chi connectivity index (χ2n) is 9.48. The molecule has 0 spiro atoms. The predicted octanol–water partition coefficient (Wildman–Crippen LogP) is 5.74. The molecule has 0 heterocycles. The maximum atomic E-state index is 13.1. The summed E-state index contributed by atoms with van der Waals surface area (Å²) >= 11 is 3.50. The van der Waals surface area contributed by atoms with E-state index in [-0.39, 0.29) is 25.7 Å². The van der Waals surface area contributed by atoms with Gasteiger partial charge in [0.2, 0.25) is 0 Å². The van der Waals surface area contributed by atoms with Crippen molar-refractivity contribution in [2.24, 2.45) is 10.8 Å². The van der Waals surface area contributed by atoms with Crippen molar-refractivity contribution >= 4 is 39.8 Å². The first-order valence-corrected chi connectivity index (χ1v) is 13.4. The van der Waals surface area contributed by atoms with E-state index in [1.165, 1.54) is 28.4 Å². The van der Waals surface area contributed by atoms with Crippen LogP contribution in [0.1, 0.15) is 77.0 Å². The lowest BCUT2D eigenvalue weighted by Crippen LogP contribution is -2.46. The van der Waals surface area contributed by atoms with Gasteiger partial charge < -0.3 is 18.9 Å². The van der Waals surface area contributed by atoms with Gasteiger partial charge in [0, 0.05) is 10.9 Å². The Kier molecular flexibility index (Phi) is 13.9. The van der Waals surface area contributed by atoms with Crippen molar-refractivity contribution in [3.63, 3.8) is 0 Å². The van der Waals surface area contributed by atoms with Crippen molar-refractivity contribution in [2.45, 2.75) is 77.0 Å². The van der Waals surface area contributed by atoms with Crippen molar-refractivity contribution < 1.29 is 38.1 Å². The number of esters is 4. The zero-order valence-electron chi connectivity index (χ0n) is 22.6. The topological polar surface area (TPSA) is 105 Å². The highest BCUT2D eigenvalue weighted by atomic mass is 79.9. The number of carbonyl (C=O) groups excluding carboxylic acids is 4. The molecule has 0 N–H and O–H groups in total. The molecule has 0 unspecified atom stereocenters. The maximum Gasteiger partial charge on any atom is 0.323 e. The molecule has 0 aliphatic heterocycles. The summed E-state index contributed by atoms with van der Waals surface area (Å²) in [6.45, 7) is 7.73. The van der Waals surface area contributed by atoms with Crippen molar-refractivity contribution in [3.05, 3.63) is 34.9 Å². The molecule has 8 nitrogen and oxygen atoms in total. The summed E-state index contributed by atoms with van der Waals surface area (Å²) in [6, 6.07) is 0. The van der Waals surface area contributed by atoms with Gasteiger partial charge in [-0.3, -0.25) is 19.2 Å². The summed E-state index contributed by atoms with van der Waals surface area (Å²) in [5, 5.41) is 0. The van der Waals surface area contributed by atoms with Gasteiger partial charge in [0.05, 0.1) is 28.4 Å². The minimum atomic E-state index is -1.67. The minimum absolute atomic E-state index is 0.0212. The van der Waals surface area contributed by atoms with Gasteiger partial charge >= 0.3 is 23.9 Å². The lowest BCUT2D eigenvalue weighted by atomic mass is 9.67. The molecule has 1 aliphatic rings. The van der Waals surface area contributed by atoms with E-state index in [4.69, 9.17) is 18.9 Å². The Morgan fingerprint density at radius 2 is 1.32 bits per heavy atom. The third kappa shape index (κ3) is 8.03. The smallest absolute Gasteiger partial charge is 0.323 e. The molecule has 1 rings (SSSR count). The molecule has 0 bridgehead atoms. The maximum absolute atomic E-state index is 13.1. The van der Waals surface area contributed by atoms with Gasteiger partial charge in [-0.25, -0.2) is 0 Å². The van der Waals surface area contributed by atoms with Crippen LogP contribution in [0.15, 0.2) is 34.9 Å². The molecule has 0 aromatic carbocycles. The van der Waals surface area contributed by atoms with Crippen molar-refractivity contribution in [2.75, 3.05) is 28.4 Å². The van der Waals surface area contributed by atoms with E-state index in [1.54, 1.807) is 0 Å². The van der Waals surface area contributed by atoms with E-state index in [0.29, 0.717) is 22.0 Å². The van der Waals surface area contributed by atoms with Crippen LogP contribution in [-0.2, 0) is 38.1 Å². The van der Waals surface area contributed by atoms with Gasteiger partial charge in [-0.1, -0.05) is 72.7 Å². The van der Waals surface area contributed by atoms with Gasteiger partial charge in [0.1, 0.15) is 0 Å². The number of unbranched alkanes of at least 4 members (excludes halogenated alkanes) is 7. The number of methoxy groups -OCH3 is 4. The van der Waals surface area contributed by atoms with Crippen LogP contribution in [0.3, 0.4) is 0 Å². The lowest BCUT2D eigenvalue weighted by Gasteiger charge is -2.37. The molecule has 9 heteroatoms. The second kappa shape index (κ2) is 15.7. The quantitative estimate of drug-likeness (QED) is 0.0743. The van der Waals surface area contributed by atoms with Gasteiger partial charge in [-0.15, -0.1) is 6.58 Å². The summed E-state index contributed by atoms with van der Waals surface area (Å²) in [5.41, 5.74) is -2.36. The Labute approximate surface area is 228 Å². The van der Waals surface area contributed by atoms with Crippen LogP contribution in [0.4, 0.5) is 0 Å². The number of halogens is 1. The summed E-state index contributed by atoms with van der Waals surface area (Å²) in [5.74, 6) is -3.00. The first kappa shape index (κ1) is 32.6. The Hall–Kier alpha value is -2.42. The Morgan fingerprint density at radius 3 is 1.78 bits per heavy atom. The lowest BCUT2D eigenvalue weighted by molar-refractivity contribution is -0.170. The van der Waals surface area contributed by atoms with E-state index < -0.39 is 34.7 Å². The summed E-state index contributed by atoms with van der Waals surface area (Å²) in [4.78, 5) is 51.9. The fraction of sp³-hybridized carbons (Fsp3) is 0.643. The third-order valence-electron chi connectivity index (χ3n) is 6.98. The van der Waals surface area contributed by atoms with Crippen molar-refractivity contribution in [3.8, 4) is 0 Å². The molecule has 0 aromatic rings. The number of carbonyl (C=O) groups is 4. The highest BCUT2D eigenvalue weighted by Gasteiger charge is 2.55. The van der Waals surface area contributed by atoms with Crippen LogP contribution < -0.4 is 0 Å². The number of rotatable bonds is 16. The minimum Gasteiger partial charge on any atom is -0.468 e. The van der Waals surface area contributed by atoms with Gasteiger partial charge in [0.25, 0.3) is 0 Å². The summed E-state index contributed by atoms with van der Waals surface area (Å²) in [7, 11) is 4.82. The number of allylic oxidation sites excluding steroid dienone is 4. The van der Waals surface area contributed by atoms with Gasteiger partial charge in [-0.05, 0) is 37.7 Å². The van der Waals surface area contributed by atoms with E-state index >= 15 is 0 Å². The van der Waals surface area contributed by atoms with Crippen LogP contribution in [-0.4, -0.2) is 52.3 Å². The molecule has 0 saturated carbocycles. The summed E-state index contributed by atoms with van der Waals surface area (Å²) in [6.07, 6.45) is 9.78. The number of hydrogen-bond acceptors (Lipinski definition) is 8. The Balaban J connectivity index is 3.22. The summed E-state index contributed by atoms with van der Waals surface area (Å²) < 4.78 is 20.6. The van der Waals surface area contributed by atoms with E-state index in [0.717, 1.165) is 44.9 Å². The van der Waals surface area contributed by atoms with Crippen molar-refractivity contribution in [1.29, 1.82) is 0 Å². The fourth-order valence-corrected chi connectivity index (χ4v) is 5.39. The normalized spacial score (nSPS) is 15.1. The average molecular weight is 586 g/mol. The van der Waals surface area contributed by atoms with E-state index in [1.807, 2.05) is 6.08 Å². The first-order chi connectivity index (χ1) is 17.6. The third-order valence-corrected chi connectivity index (χ3v) is 8.10. The Bertz CT molecular complexity index is 857. The van der Waals surface area contributed by atoms with E-state index in [2.05, 4.69) is 29.1 Å². The average Bonchev–Trinajstić information content (AvgIpc) is 2.91. The predicted molar refractivity (Wildman–Crippen MR) is 144 cm³/mol. The highest BCUT2D eigenvalue weighted by molar-refractivity contribution is 9.12. The molecule has 1 aliphatic carbocycles. The Morgan fingerprint density at radius 1 is 0.838 bits per heavy atom. The molecule has 0 atom stereocenters. The zero-order valence-corrected chi connectivity index (χ0v) is 24.2. The first-order valence-electron chi connectivity index (χ1n) is 12.6. The van der Waals surface area contributed by atoms with Crippen LogP contribution in [0, 0.1) is 10.8 Å². The molecule has 0 saturated heterocycles. The van der Waals surface area contributed by atoms with Crippen LogP contribution in [0.25, 0.3) is 0 Å². The monoisotopic (exact) mass is 584 g/mol. The second-order valence-corrected chi connectivity index (χ2v) is 10.3. The molecule has 0 radical (unpaired) electrons. The van der Waals surface area contributed by atoms with Crippen LogP contribution in [0.2, 0.25) is 0 Å². The van der Waals surface area contributed by atoms with Crippen LogP contribution in [0.5, 0.6) is 0 Å².